The summed E-state index contributed by atoms with van der Waals surface area (Å²) < 4.78 is 1.98. The lowest BCUT2D eigenvalue weighted by Crippen LogP contribution is -2.28. The van der Waals surface area contributed by atoms with E-state index in [-0.39, 0.29) is 5.91 Å². The van der Waals surface area contributed by atoms with Gasteiger partial charge < -0.3 is 25.1 Å². The van der Waals surface area contributed by atoms with Crippen LogP contribution in [0, 0.1) is 0 Å². The number of fused-ring (bicyclic) bond motifs is 2. The number of hydrogen-bond donors (Lipinski definition) is 3. The van der Waals surface area contributed by atoms with Gasteiger partial charge in [0.05, 0.1) is 23.9 Å². The van der Waals surface area contributed by atoms with E-state index in [1.807, 2.05) is 64.1 Å². The maximum Gasteiger partial charge on any atom is 0.231 e. The van der Waals surface area contributed by atoms with Gasteiger partial charge in [-0.2, -0.15) is 9.97 Å². The quantitative estimate of drug-likeness (QED) is 0.319. The molecule has 0 saturated carbocycles. The van der Waals surface area contributed by atoms with E-state index in [9.17, 15) is 4.79 Å². The molecule has 4 heterocycles. The summed E-state index contributed by atoms with van der Waals surface area (Å²) in [6.07, 6.45) is 3.32. The summed E-state index contributed by atoms with van der Waals surface area (Å²) in [6.45, 7) is 2.52. The number of carbonyl (C=O) groups is 1. The van der Waals surface area contributed by atoms with Gasteiger partial charge in [0, 0.05) is 31.7 Å². The first-order valence-electron chi connectivity index (χ1n) is 11.7. The first-order chi connectivity index (χ1) is 17.2. The van der Waals surface area contributed by atoms with Crippen LogP contribution >= 0.6 is 0 Å². The summed E-state index contributed by atoms with van der Waals surface area (Å²) in [5.41, 5.74) is 4.18. The second kappa shape index (κ2) is 9.05. The molecule has 1 aliphatic heterocycles. The predicted octanol–water partition coefficient (Wildman–Crippen LogP) is 3.68. The third-order valence-corrected chi connectivity index (χ3v) is 6.14. The van der Waals surface area contributed by atoms with Crippen molar-refractivity contribution in [3.63, 3.8) is 0 Å². The normalized spacial score (nSPS) is 13.7. The van der Waals surface area contributed by atoms with Crippen LogP contribution in [0.5, 0.6) is 0 Å². The van der Waals surface area contributed by atoms with E-state index in [4.69, 9.17) is 9.97 Å². The molecule has 176 valence electrons. The molecule has 1 fully saturated rings. The molecule has 0 atom stereocenters. The van der Waals surface area contributed by atoms with Gasteiger partial charge in [0.25, 0.3) is 0 Å². The smallest absolute Gasteiger partial charge is 0.231 e. The lowest BCUT2D eigenvalue weighted by Gasteiger charge is -2.16. The van der Waals surface area contributed by atoms with E-state index in [2.05, 4.69) is 25.6 Å². The Bertz CT molecular complexity index is 1460. The van der Waals surface area contributed by atoms with Crippen molar-refractivity contribution in [2.24, 2.45) is 0 Å². The van der Waals surface area contributed by atoms with Crippen molar-refractivity contribution >= 4 is 45.6 Å². The third kappa shape index (κ3) is 4.37. The molecule has 35 heavy (non-hydrogen) atoms. The first-order valence-corrected chi connectivity index (χ1v) is 11.7. The number of aromatic nitrogens is 6. The number of anilines is 3. The van der Waals surface area contributed by atoms with Crippen molar-refractivity contribution in [3.8, 4) is 0 Å². The second-order valence-corrected chi connectivity index (χ2v) is 8.54. The van der Waals surface area contributed by atoms with E-state index in [1.54, 1.807) is 6.33 Å². The Morgan fingerprint density at radius 2 is 1.83 bits per heavy atom. The van der Waals surface area contributed by atoms with Crippen LogP contribution in [0.25, 0.3) is 22.2 Å². The van der Waals surface area contributed by atoms with Crippen LogP contribution < -0.4 is 10.6 Å². The number of imidazole rings is 2. The standard InChI is InChI=1S/C25H25N9O/c35-21-11-6-12-33(21)13-14-34-16-27-22-23(26-15-20-29-18-9-4-5-10-19(18)30-20)31-25(32-24(22)34)28-17-7-2-1-3-8-17/h1-5,7-10,16H,6,11-15H2,(H,29,30)(H2,26,28,31,32). The van der Waals surface area contributed by atoms with E-state index >= 15 is 0 Å². The summed E-state index contributed by atoms with van der Waals surface area (Å²) in [5, 5.41) is 6.67. The van der Waals surface area contributed by atoms with Gasteiger partial charge in [0.1, 0.15) is 5.82 Å². The minimum atomic E-state index is 0.212. The Kier molecular flexibility index (Phi) is 5.45. The SMILES string of the molecule is O=C1CCCN1CCn1cnc2c(NCc3nc4ccccc4[nH]3)nc(Nc3ccccc3)nc21. The zero-order chi connectivity index (χ0) is 23.6. The van der Waals surface area contributed by atoms with Crippen molar-refractivity contribution in [1.29, 1.82) is 0 Å². The van der Waals surface area contributed by atoms with E-state index in [0.717, 1.165) is 35.5 Å². The maximum atomic E-state index is 12.0. The van der Waals surface area contributed by atoms with Gasteiger partial charge in [-0.15, -0.1) is 0 Å². The number of amides is 1. The Morgan fingerprint density at radius 1 is 0.971 bits per heavy atom. The molecule has 3 aromatic heterocycles. The Labute approximate surface area is 201 Å². The molecule has 10 nitrogen and oxygen atoms in total. The summed E-state index contributed by atoms with van der Waals surface area (Å²) in [4.78, 5) is 36.0. The monoisotopic (exact) mass is 467 g/mol. The van der Waals surface area contributed by atoms with Crippen LogP contribution in [0.2, 0.25) is 0 Å². The average molecular weight is 468 g/mol. The largest absolute Gasteiger partial charge is 0.361 e. The number of para-hydroxylation sites is 3. The Hall–Kier alpha value is -4.47. The van der Waals surface area contributed by atoms with Crippen LogP contribution in [0.4, 0.5) is 17.5 Å². The fourth-order valence-electron chi connectivity index (χ4n) is 4.36. The molecule has 2 aromatic carbocycles. The molecule has 1 saturated heterocycles. The molecule has 3 N–H and O–H groups in total. The van der Waals surface area contributed by atoms with Gasteiger partial charge >= 0.3 is 0 Å². The summed E-state index contributed by atoms with van der Waals surface area (Å²) >= 11 is 0. The van der Waals surface area contributed by atoms with Gasteiger partial charge in [-0.1, -0.05) is 30.3 Å². The molecular weight excluding hydrogens is 442 g/mol. The number of benzene rings is 2. The van der Waals surface area contributed by atoms with Crippen LogP contribution in [-0.4, -0.2) is 53.4 Å². The van der Waals surface area contributed by atoms with Crippen LogP contribution in [-0.2, 0) is 17.9 Å². The third-order valence-electron chi connectivity index (χ3n) is 6.14. The van der Waals surface area contributed by atoms with E-state index in [0.29, 0.717) is 49.0 Å². The molecule has 6 rings (SSSR count). The summed E-state index contributed by atoms with van der Waals surface area (Å²) in [7, 11) is 0. The van der Waals surface area contributed by atoms with Crippen LogP contribution in [0.3, 0.4) is 0 Å². The highest BCUT2D eigenvalue weighted by atomic mass is 16.2. The number of rotatable bonds is 8. The molecule has 10 heteroatoms. The van der Waals surface area contributed by atoms with Crippen molar-refractivity contribution in [2.75, 3.05) is 23.7 Å². The van der Waals surface area contributed by atoms with Crippen molar-refractivity contribution in [1.82, 2.24) is 34.4 Å². The topological polar surface area (TPSA) is 117 Å². The lowest BCUT2D eigenvalue weighted by atomic mass is 10.3. The average Bonchev–Trinajstić information content (AvgIpc) is 3.60. The zero-order valence-electron chi connectivity index (χ0n) is 19.1. The van der Waals surface area contributed by atoms with E-state index in [1.165, 1.54) is 0 Å². The molecule has 0 bridgehead atoms. The molecule has 0 spiro atoms. The number of carbonyl (C=O) groups excluding carboxylic acids is 1. The van der Waals surface area contributed by atoms with E-state index < -0.39 is 0 Å². The zero-order valence-corrected chi connectivity index (χ0v) is 19.1. The molecule has 1 amide bonds. The molecule has 1 aliphatic rings. The van der Waals surface area contributed by atoms with Gasteiger partial charge in [0.2, 0.25) is 11.9 Å². The number of nitrogens with one attached hydrogen (secondary N) is 3. The first kappa shape index (κ1) is 21.1. The molecule has 0 radical (unpaired) electrons. The number of aromatic amines is 1. The van der Waals surface area contributed by atoms with Gasteiger partial charge in [-0.05, 0) is 30.7 Å². The minimum absolute atomic E-state index is 0.212. The fourth-order valence-corrected chi connectivity index (χ4v) is 4.36. The van der Waals surface area contributed by atoms with Crippen molar-refractivity contribution in [2.45, 2.75) is 25.9 Å². The lowest BCUT2D eigenvalue weighted by molar-refractivity contribution is -0.127. The number of likely N-dealkylation sites (tertiary alicyclic amines) is 1. The van der Waals surface area contributed by atoms with Gasteiger partial charge in [0.15, 0.2) is 17.0 Å². The highest BCUT2D eigenvalue weighted by Crippen LogP contribution is 2.24. The predicted molar refractivity (Wildman–Crippen MR) is 134 cm³/mol. The molecular formula is C25H25N9O. The fraction of sp³-hybridized carbons (Fsp3) is 0.240. The number of H-pyrrole nitrogens is 1. The summed E-state index contributed by atoms with van der Waals surface area (Å²) in [6, 6.07) is 17.7. The Morgan fingerprint density at radius 3 is 2.66 bits per heavy atom. The van der Waals surface area contributed by atoms with Crippen molar-refractivity contribution < 1.29 is 4.79 Å². The highest BCUT2D eigenvalue weighted by Gasteiger charge is 2.20. The number of hydrogen-bond acceptors (Lipinski definition) is 7. The second-order valence-electron chi connectivity index (χ2n) is 8.54. The van der Waals surface area contributed by atoms with Gasteiger partial charge in [-0.25, -0.2) is 9.97 Å². The summed E-state index contributed by atoms with van der Waals surface area (Å²) in [5.74, 6) is 2.10. The van der Waals surface area contributed by atoms with Crippen LogP contribution in [0.15, 0.2) is 60.9 Å². The minimum Gasteiger partial charge on any atom is -0.361 e. The van der Waals surface area contributed by atoms with Crippen molar-refractivity contribution in [3.05, 3.63) is 66.7 Å². The Balaban J connectivity index is 1.30. The molecule has 0 unspecified atom stereocenters. The van der Waals surface area contributed by atoms with Crippen LogP contribution in [0.1, 0.15) is 18.7 Å². The highest BCUT2D eigenvalue weighted by molar-refractivity contribution is 5.85. The molecule has 0 aliphatic carbocycles. The number of nitrogens with zero attached hydrogens (tertiary/aromatic N) is 6. The van der Waals surface area contributed by atoms with Gasteiger partial charge in [-0.3, -0.25) is 4.79 Å². The molecule has 5 aromatic rings. The maximum absolute atomic E-state index is 12.0.